The van der Waals surface area contributed by atoms with Crippen molar-refractivity contribution in [1.82, 2.24) is 5.32 Å². The van der Waals surface area contributed by atoms with Crippen LogP contribution in [0.3, 0.4) is 0 Å². The van der Waals surface area contributed by atoms with Gasteiger partial charge in [0, 0.05) is 6.20 Å². The van der Waals surface area contributed by atoms with Gasteiger partial charge in [-0.2, -0.15) is 5.26 Å². The summed E-state index contributed by atoms with van der Waals surface area (Å²) in [5.74, 6) is 0.240. The molecule has 0 heterocycles. The molecular formula is C24H27N3O2. The van der Waals surface area contributed by atoms with Crippen LogP contribution in [-0.2, 0) is 17.6 Å². The highest BCUT2D eigenvalue weighted by Crippen LogP contribution is 2.26. The Bertz CT molecular complexity index is 973. The monoisotopic (exact) mass is 389 g/mol. The molecule has 2 aromatic carbocycles. The lowest BCUT2D eigenvalue weighted by Gasteiger charge is -2.20. The van der Waals surface area contributed by atoms with Crippen LogP contribution in [0.15, 0.2) is 48.2 Å². The van der Waals surface area contributed by atoms with E-state index >= 15 is 0 Å². The van der Waals surface area contributed by atoms with Crippen LogP contribution in [0.1, 0.15) is 48.1 Å². The van der Waals surface area contributed by atoms with Gasteiger partial charge in [0.1, 0.15) is 17.4 Å². The Kier molecular flexibility index (Phi) is 6.56. The number of nitrogens with one attached hydrogen (secondary N) is 2. The maximum absolute atomic E-state index is 12.6. The lowest BCUT2D eigenvalue weighted by atomic mass is 9.89. The number of rotatable bonds is 6. The summed E-state index contributed by atoms with van der Waals surface area (Å²) in [7, 11) is 1.58. The second kappa shape index (κ2) is 9.29. The third-order valence-electron chi connectivity index (χ3n) is 5.31. The van der Waals surface area contributed by atoms with Gasteiger partial charge in [0.05, 0.1) is 18.8 Å². The van der Waals surface area contributed by atoms with Gasteiger partial charge in [0.15, 0.2) is 0 Å². The molecule has 150 valence electrons. The molecule has 0 fully saturated rings. The van der Waals surface area contributed by atoms with Crippen LogP contribution in [0.4, 0.5) is 5.69 Å². The van der Waals surface area contributed by atoms with Crippen molar-refractivity contribution in [2.75, 3.05) is 12.4 Å². The SMILES string of the molecule is COc1ccc(C)cc1N/C=C(/C#N)C(=O)NC(C)c1ccc2c(c1)CCCC2. The number of carbonyl (C=O) groups excluding carboxylic acids is 1. The smallest absolute Gasteiger partial charge is 0.263 e. The van der Waals surface area contributed by atoms with Gasteiger partial charge in [-0.05, 0) is 73.9 Å². The van der Waals surface area contributed by atoms with E-state index in [0.29, 0.717) is 11.4 Å². The number of hydrogen-bond acceptors (Lipinski definition) is 4. The van der Waals surface area contributed by atoms with Gasteiger partial charge in [-0.15, -0.1) is 0 Å². The molecule has 5 nitrogen and oxygen atoms in total. The molecule has 0 aliphatic heterocycles. The van der Waals surface area contributed by atoms with Crippen LogP contribution in [0.25, 0.3) is 0 Å². The molecule has 2 N–H and O–H groups in total. The topological polar surface area (TPSA) is 74.1 Å². The number of carbonyl (C=O) groups is 1. The summed E-state index contributed by atoms with van der Waals surface area (Å²) < 4.78 is 5.32. The number of ether oxygens (including phenoxy) is 1. The minimum absolute atomic E-state index is 0.0124. The lowest BCUT2D eigenvalue weighted by molar-refractivity contribution is -0.117. The van der Waals surface area contributed by atoms with E-state index in [1.807, 2.05) is 38.1 Å². The molecule has 3 rings (SSSR count). The zero-order valence-electron chi connectivity index (χ0n) is 17.2. The standard InChI is InChI=1S/C24H27N3O2/c1-16-8-11-23(29-3)22(12-16)26-15-21(14-25)24(28)27-17(2)19-10-9-18-6-4-5-7-20(18)13-19/h8-13,15,17,26H,4-7H2,1-3H3,(H,27,28)/b21-15-. The van der Waals surface area contributed by atoms with Crippen LogP contribution >= 0.6 is 0 Å². The number of aryl methyl sites for hydroxylation is 3. The van der Waals surface area contributed by atoms with Gasteiger partial charge in [0.25, 0.3) is 5.91 Å². The second-order valence-corrected chi connectivity index (χ2v) is 7.45. The predicted octanol–water partition coefficient (Wildman–Crippen LogP) is 4.58. The Balaban J connectivity index is 1.70. The fourth-order valence-corrected chi connectivity index (χ4v) is 3.61. The molecular weight excluding hydrogens is 362 g/mol. The zero-order chi connectivity index (χ0) is 20.8. The molecule has 1 unspecified atom stereocenters. The van der Waals surface area contributed by atoms with E-state index in [0.717, 1.165) is 24.0 Å². The van der Waals surface area contributed by atoms with Gasteiger partial charge < -0.3 is 15.4 Å². The van der Waals surface area contributed by atoms with Gasteiger partial charge in [-0.3, -0.25) is 4.79 Å². The molecule has 5 heteroatoms. The van der Waals surface area contributed by atoms with Crippen LogP contribution in [0, 0.1) is 18.3 Å². The average molecular weight is 389 g/mol. The highest BCUT2D eigenvalue weighted by molar-refractivity contribution is 5.97. The van der Waals surface area contributed by atoms with Crippen LogP contribution in [0.2, 0.25) is 0 Å². The number of benzene rings is 2. The maximum atomic E-state index is 12.6. The Morgan fingerprint density at radius 1 is 1.17 bits per heavy atom. The van der Waals surface area contributed by atoms with Crippen LogP contribution in [0.5, 0.6) is 5.75 Å². The predicted molar refractivity (Wildman–Crippen MR) is 115 cm³/mol. The number of nitrogens with zero attached hydrogens (tertiary/aromatic N) is 1. The molecule has 0 spiro atoms. The quantitative estimate of drug-likeness (QED) is 0.560. The molecule has 1 aliphatic rings. The Morgan fingerprint density at radius 3 is 2.66 bits per heavy atom. The van der Waals surface area contributed by atoms with E-state index in [1.165, 1.54) is 30.2 Å². The third kappa shape index (κ3) is 4.97. The van der Waals surface area contributed by atoms with Crippen molar-refractivity contribution in [2.24, 2.45) is 0 Å². The van der Waals surface area contributed by atoms with Gasteiger partial charge >= 0.3 is 0 Å². The number of amides is 1. The van der Waals surface area contributed by atoms with E-state index in [9.17, 15) is 10.1 Å². The fraction of sp³-hybridized carbons (Fsp3) is 0.333. The normalized spacial score (nSPS) is 14.3. The minimum atomic E-state index is -0.406. The zero-order valence-corrected chi connectivity index (χ0v) is 17.2. The van der Waals surface area contributed by atoms with Crippen molar-refractivity contribution < 1.29 is 9.53 Å². The molecule has 1 amide bonds. The molecule has 0 saturated carbocycles. The van der Waals surface area contributed by atoms with Gasteiger partial charge in [-0.1, -0.05) is 24.3 Å². The minimum Gasteiger partial charge on any atom is -0.495 e. The summed E-state index contributed by atoms with van der Waals surface area (Å²) in [5, 5.41) is 15.4. The van der Waals surface area contributed by atoms with E-state index in [2.05, 4.69) is 28.8 Å². The number of anilines is 1. The largest absolute Gasteiger partial charge is 0.495 e. The first kappa shape index (κ1) is 20.5. The first-order valence-electron chi connectivity index (χ1n) is 9.96. The summed E-state index contributed by atoms with van der Waals surface area (Å²) in [6, 6.07) is 13.9. The van der Waals surface area contributed by atoms with E-state index in [1.54, 1.807) is 7.11 Å². The van der Waals surface area contributed by atoms with Crippen molar-refractivity contribution in [2.45, 2.75) is 45.6 Å². The number of methoxy groups -OCH3 is 1. The second-order valence-electron chi connectivity index (χ2n) is 7.45. The molecule has 0 bridgehead atoms. The molecule has 2 aromatic rings. The van der Waals surface area contributed by atoms with Crippen molar-refractivity contribution in [3.63, 3.8) is 0 Å². The van der Waals surface area contributed by atoms with E-state index in [4.69, 9.17) is 4.74 Å². The molecule has 0 saturated heterocycles. The lowest BCUT2D eigenvalue weighted by Crippen LogP contribution is -2.28. The molecule has 0 radical (unpaired) electrons. The highest BCUT2D eigenvalue weighted by atomic mass is 16.5. The van der Waals surface area contributed by atoms with Crippen molar-refractivity contribution in [3.05, 3.63) is 70.4 Å². The number of fused-ring (bicyclic) bond motifs is 1. The number of hydrogen-bond donors (Lipinski definition) is 2. The van der Waals surface area contributed by atoms with Crippen LogP contribution in [-0.4, -0.2) is 13.0 Å². The van der Waals surface area contributed by atoms with E-state index < -0.39 is 5.91 Å². The van der Waals surface area contributed by atoms with Gasteiger partial charge in [0.2, 0.25) is 0 Å². The van der Waals surface area contributed by atoms with Gasteiger partial charge in [-0.25, -0.2) is 0 Å². The van der Waals surface area contributed by atoms with E-state index in [-0.39, 0.29) is 11.6 Å². The highest BCUT2D eigenvalue weighted by Gasteiger charge is 2.16. The first-order valence-corrected chi connectivity index (χ1v) is 9.96. The molecule has 0 aromatic heterocycles. The fourth-order valence-electron chi connectivity index (χ4n) is 3.61. The van der Waals surface area contributed by atoms with Crippen molar-refractivity contribution in [3.8, 4) is 11.8 Å². The molecule has 29 heavy (non-hydrogen) atoms. The molecule has 1 aliphatic carbocycles. The summed E-state index contributed by atoms with van der Waals surface area (Å²) in [6.45, 7) is 3.90. The Labute approximate surface area is 172 Å². The van der Waals surface area contributed by atoms with Crippen molar-refractivity contribution in [1.29, 1.82) is 5.26 Å². The number of nitriles is 1. The van der Waals surface area contributed by atoms with Crippen LogP contribution < -0.4 is 15.4 Å². The third-order valence-corrected chi connectivity index (χ3v) is 5.31. The maximum Gasteiger partial charge on any atom is 0.263 e. The Hall–Kier alpha value is -3.26. The average Bonchev–Trinajstić information content (AvgIpc) is 2.74. The summed E-state index contributed by atoms with van der Waals surface area (Å²) in [4.78, 5) is 12.6. The van der Waals surface area contributed by atoms with Crippen molar-refractivity contribution >= 4 is 11.6 Å². The summed E-state index contributed by atoms with van der Waals surface area (Å²) in [5.41, 5.74) is 5.61. The molecule has 1 atom stereocenters. The first-order chi connectivity index (χ1) is 14.0. The summed E-state index contributed by atoms with van der Waals surface area (Å²) >= 11 is 0. The summed E-state index contributed by atoms with van der Waals surface area (Å²) in [6.07, 6.45) is 6.10. The Morgan fingerprint density at radius 2 is 1.93 bits per heavy atom.